The minimum Gasteiger partial charge on any atom is -0.378 e. The highest BCUT2D eigenvalue weighted by molar-refractivity contribution is 7.09. The van der Waals surface area contributed by atoms with Gasteiger partial charge in [-0.3, -0.25) is 0 Å². The maximum atomic E-state index is 10.3. The molecule has 0 spiro atoms. The Balaban J connectivity index is 1.88. The van der Waals surface area contributed by atoms with Gasteiger partial charge in [0.05, 0.1) is 16.8 Å². The lowest BCUT2D eigenvalue weighted by Crippen LogP contribution is -2.21. The van der Waals surface area contributed by atoms with Crippen molar-refractivity contribution < 1.29 is 9.53 Å². The van der Waals surface area contributed by atoms with Gasteiger partial charge in [-0.2, -0.15) is 0 Å². The number of rotatable bonds is 4. The van der Waals surface area contributed by atoms with Gasteiger partial charge in [0.25, 0.3) is 0 Å². The van der Waals surface area contributed by atoms with Gasteiger partial charge in [-0.05, 0) is 19.3 Å². The Morgan fingerprint density at radius 2 is 2.53 bits per heavy atom. The van der Waals surface area contributed by atoms with Crippen molar-refractivity contribution in [1.82, 2.24) is 4.98 Å². The highest BCUT2D eigenvalue weighted by Gasteiger charge is 2.15. The van der Waals surface area contributed by atoms with Crippen molar-refractivity contribution in [3.8, 4) is 0 Å². The molecular formula is C11H15NO2S. The highest BCUT2D eigenvalue weighted by Crippen LogP contribution is 2.19. The first-order chi connectivity index (χ1) is 7.38. The number of carbonyl (C=O) groups is 1. The number of aromatic nitrogens is 1. The molecule has 15 heavy (non-hydrogen) atoms. The third kappa shape index (κ3) is 3.11. The molecule has 1 unspecified atom stereocenters. The summed E-state index contributed by atoms with van der Waals surface area (Å²) in [6, 6.07) is 0. The van der Waals surface area contributed by atoms with Crippen LogP contribution in [0, 0.1) is 0 Å². The molecule has 0 N–H and O–H groups in total. The molecule has 1 fully saturated rings. The van der Waals surface area contributed by atoms with Crippen LogP contribution in [0.4, 0.5) is 0 Å². The molecule has 0 radical (unpaired) electrons. The minimum atomic E-state index is 0.342. The maximum Gasteiger partial charge on any atom is 0.125 e. The first kappa shape index (κ1) is 10.8. The lowest BCUT2D eigenvalue weighted by Gasteiger charge is -2.21. The van der Waals surface area contributed by atoms with Crippen molar-refractivity contribution in [3.63, 3.8) is 0 Å². The number of hydrogen-bond acceptors (Lipinski definition) is 4. The number of nitrogens with zero attached hydrogens (tertiary/aromatic N) is 1. The first-order valence-electron chi connectivity index (χ1n) is 5.37. The summed E-state index contributed by atoms with van der Waals surface area (Å²) in [6.45, 7) is 0.886. The highest BCUT2D eigenvalue weighted by atomic mass is 32.1. The van der Waals surface area contributed by atoms with Gasteiger partial charge < -0.3 is 9.53 Å². The molecule has 1 saturated heterocycles. The molecule has 0 saturated carbocycles. The number of ether oxygens (including phenoxy) is 1. The molecule has 1 atom stereocenters. The number of hydrogen-bond donors (Lipinski definition) is 0. The van der Waals surface area contributed by atoms with E-state index in [0.29, 0.717) is 12.5 Å². The molecular weight excluding hydrogens is 210 g/mol. The lowest BCUT2D eigenvalue weighted by molar-refractivity contribution is -0.107. The van der Waals surface area contributed by atoms with Crippen LogP contribution in [0.15, 0.2) is 5.38 Å². The zero-order valence-electron chi connectivity index (χ0n) is 8.65. The molecule has 0 bridgehead atoms. The van der Waals surface area contributed by atoms with Crippen LogP contribution in [-0.2, 0) is 22.4 Å². The molecule has 0 aliphatic carbocycles. The number of carbonyl (C=O) groups excluding carboxylic acids is 1. The number of thiazole rings is 1. The zero-order chi connectivity index (χ0) is 10.5. The first-order valence-corrected chi connectivity index (χ1v) is 6.25. The monoisotopic (exact) mass is 225 g/mol. The van der Waals surface area contributed by atoms with E-state index in [4.69, 9.17) is 4.74 Å². The maximum absolute atomic E-state index is 10.3. The van der Waals surface area contributed by atoms with Gasteiger partial charge in [-0.15, -0.1) is 11.3 Å². The van der Waals surface area contributed by atoms with E-state index in [9.17, 15) is 4.79 Å². The molecule has 82 valence electrons. The van der Waals surface area contributed by atoms with Crippen LogP contribution >= 0.6 is 11.3 Å². The van der Waals surface area contributed by atoms with Crippen molar-refractivity contribution in [1.29, 1.82) is 0 Å². The summed E-state index contributed by atoms with van der Waals surface area (Å²) in [5.41, 5.74) is 0.890. The predicted molar refractivity (Wildman–Crippen MR) is 59.2 cm³/mol. The fourth-order valence-electron chi connectivity index (χ4n) is 1.78. The summed E-state index contributed by atoms with van der Waals surface area (Å²) < 4.78 is 5.65. The van der Waals surface area contributed by atoms with E-state index < -0.39 is 0 Å². The van der Waals surface area contributed by atoms with Crippen molar-refractivity contribution in [2.24, 2.45) is 0 Å². The summed E-state index contributed by atoms with van der Waals surface area (Å²) in [4.78, 5) is 14.7. The Labute approximate surface area is 93.5 Å². The molecule has 1 aromatic rings. The van der Waals surface area contributed by atoms with E-state index in [1.807, 2.05) is 5.38 Å². The van der Waals surface area contributed by atoms with Crippen LogP contribution < -0.4 is 0 Å². The van der Waals surface area contributed by atoms with E-state index >= 15 is 0 Å². The quantitative estimate of drug-likeness (QED) is 0.736. The van der Waals surface area contributed by atoms with Crippen LogP contribution in [0.25, 0.3) is 0 Å². The molecule has 4 heteroatoms. The predicted octanol–water partition coefficient (Wildman–Crippen LogP) is 2.00. The van der Waals surface area contributed by atoms with Gasteiger partial charge in [-0.1, -0.05) is 0 Å². The van der Waals surface area contributed by atoms with E-state index in [0.717, 1.165) is 36.4 Å². The summed E-state index contributed by atoms with van der Waals surface area (Å²) in [5, 5.41) is 3.06. The fourth-order valence-corrected chi connectivity index (χ4v) is 2.66. The van der Waals surface area contributed by atoms with Crippen molar-refractivity contribution in [3.05, 3.63) is 16.1 Å². The second-order valence-corrected chi connectivity index (χ2v) is 4.74. The largest absolute Gasteiger partial charge is 0.378 e. The molecule has 2 heterocycles. The average Bonchev–Trinajstić information content (AvgIpc) is 2.68. The fraction of sp³-hybridized carbons (Fsp3) is 0.636. The standard InChI is InChI=1S/C11H15NO2S/c13-5-4-9-8-15-11(12-9)7-10-3-1-2-6-14-10/h5,8,10H,1-4,6-7H2. The van der Waals surface area contributed by atoms with Crippen LogP contribution in [0.3, 0.4) is 0 Å². The summed E-state index contributed by atoms with van der Waals surface area (Å²) in [5.74, 6) is 0. The third-order valence-electron chi connectivity index (χ3n) is 2.57. The molecule has 1 aromatic heterocycles. The summed E-state index contributed by atoms with van der Waals surface area (Å²) >= 11 is 1.63. The van der Waals surface area contributed by atoms with Crippen molar-refractivity contribution in [2.75, 3.05) is 6.61 Å². The SMILES string of the molecule is O=CCc1csc(CC2CCCCO2)n1. The lowest BCUT2D eigenvalue weighted by atomic mass is 10.1. The molecule has 0 amide bonds. The van der Waals surface area contributed by atoms with Gasteiger partial charge >= 0.3 is 0 Å². The van der Waals surface area contributed by atoms with Gasteiger partial charge in [0, 0.05) is 24.8 Å². The normalized spacial score (nSPS) is 21.5. The Hall–Kier alpha value is -0.740. The Morgan fingerprint density at radius 3 is 3.27 bits per heavy atom. The summed E-state index contributed by atoms with van der Waals surface area (Å²) in [7, 11) is 0. The molecule has 1 aliphatic heterocycles. The zero-order valence-corrected chi connectivity index (χ0v) is 9.46. The van der Waals surface area contributed by atoms with Gasteiger partial charge in [0.15, 0.2) is 0 Å². The average molecular weight is 225 g/mol. The molecule has 1 aliphatic rings. The van der Waals surface area contributed by atoms with Crippen LogP contribution in [-0.4, -0.2) is 24.0 Å². The molecule has 2 rings (SSSR count). The minimum absolute atomic E-state index is 0.342. The van der Waals surface area contributed by atoms with Crippen LogP contribution in [0.1, 0.15) is 30.0 Å². The Morgan fingerprint density at radius 1 is 1.60 bits per heavy atom. The van der Waals surface area contributed by atoms with Gasteiger partial charge in [0.2, 0.25) is 0 Å². The van der Waals surface area contributed by atoms with Crippen LogP contribution in [0.2, 0.25) is 0 Å². The second kappa shape index (κ2) is 5.37. The van der Waals surface area contributed by atoms with Crippen molar-refractivity contribution >= 4 is 17.6 Å². The van der Waals surface area contributed by atoms with Gasteiger partial charge in [-0.25, -0.2) is 4.98 Å². The number of aldehydes is 1. The summed E-state index contributed by atoms with van der Waals surface area (Å²) in [6.07, 6.45) is 6.17. The topological polar surface area (TPSA) is 39.2 Å². The second-order valence-electron chi connectivity index (χ2n) is 3.80. The van der Waals surface area contributed by atoms with Crippen LogP contribution in [0.5, 0.6) is 0 Å². The van der Waals surface area contributed by atoms with Crippen molar-refractivity contribution in [2.45, 2.75) is 38.2 Å². The molecule has 0 aromatic carbocycles. The Kier molecular flexibility index (Phi) is 3.86. The third-order valence-corrected chi connectivity index (χ3v) is 3.49. The van der Waals surface area contributed by atoms with Gasteiger partial charge in [0.1, 0.15) is 6.29 Å². The van der Waals surface area contributed by atoms with E-state index in [1.54, 1.807) is 11.3 Å². The molecule has 3 nitrogen and oxygen atoms in total. The smallest absolute Gasteiger partial charge is 0.125 e. The van der Waals surface area contributed by atoms with E-state index in [2.05, 4.69) is 4.98 Å². The van der Waals surface area contributed by atoms with E-state index in [1.165, 1.54) is 12.8 Å². The Bertz CT molecular complexity index is 318. The van der Waals surface area contributed by atoms with E-state index in [-0.39, 0.29) is 0 Å².